The number of hydrogen-bond donors (Lipinski definition) is 0. The first-order valence-corrected chi connectivity index (χ1v) is 11.2. The highest BCUT2D eigenvalue weighted by molar-refractivity contribution is 6.60. The molecule has 0 radical (unpaired) electrons. The molecule has 6 nitrogen and oxygen atoms in total. The molecular weight excluding hydrogens is 364 g/mol. The van der Waals surface area contributed by atoms with Gasteiger partial charge in [-0.15, -0.1) is 0 Å². The summed E-state index contributed by atoms with van der Waals surface area (Å²) in [5.41, 5.74) is 0. The van der Waals surface area contributed by atoms with Gasteiger partial charge in [-0.2, -0.15) is 0 Å². The zero-order chi connectivity index (χ0) is 18.8. The lowest BCUT2D eigenvalue weighted by molar-refractivity contribution is 0.0600. The van der Waals surface area contributed by atoms with Crippen molar-refractivity contribution in [3.8, 4) is 0 Å². The lowest BCUT2D eigenvalue weighted by Gasteiger charge is -2.28. The maximum atomic E-state index is 6.16. The Labute approximate surface area is 160 Å². The molecule has 0 N–H and O–H groups in total. The molecule has 0 spiro atoms. The minimum atomic E-state index is -2.79. The van der Waals surface area contributed by atoms with Gasteiger partial charge >= 0.3 is 8.80 Å². The first kappa shape index (κ1) is 19.7. The van der Waals surface area contributed by atoms with Crippen LogP contribution in [0.4, 0.5) is 0 Å². The van der Waals surface area contributed by atoms with Crippen molar-refractivity contribution in [3.05, 3.63) is 72.5 Å². The van der Waals surface area contributed by atoms with E-state index < -0.39 is 8.80 Å². The van der Waals surface area contributed by atoms with Crippen LogP contribution in [0, 0.1) is 0 Å². The summed E-state index contributed by atoms with van der Waals surface area (Å²) < 4.78 is 34.6. The minimum absolute atomic E-state index is 0.495. The molecule has 0 unspecified atom stereocenters. The Morgan fingerprint density at radius 2 is 1.04 bits per heavy atom. The normalized spacial score (nSPS) is 11.9. The third-order valence-electron chi connectivity index (χ3n) is 4.18. The molecular formula is C20H26O6Si. The predicted octanol–water partition coefficient (Wildman–Crippen LogP) is 4.50. The summed E-state index contributed by atoms with van der Waals surface area (Å²) in [5, 5.41) is 0. The van der Waals surface area contributed by atoms with E-state index in [-0.39, 0.29) is 0 Å². The van der Waals surface area contributed by atoms with Gasteiger partial charge in [0.25, 0.3) is 0 Å². The first-order chi connectivity index (χ1) is 13.3. The molecule has 0 fully saturated rings. The van der Waals surface area contributed by atoms with Crippen LogP contribution in [0.1, 0.15) is 24.2 Å². The Hall–Kier alpha value is -2.06. The molecule has 0 aromatic carbocycles. The van der Waals surface area contributed by atoms with Gasteiger partial charge < -0.3 is 26.5 Å². The van der Waals surface area contributed by atoms with Crippen LogP contribution >= 0.6 is 0 Å². The van der Waals surface area contributed by atoms with Crippen LogP contribution in [0.3, 0.4) is 0 Å². The van der Waals surface area contributed by atoms with Gasteiger partial charge in [-0.05, 0) is 36.4 Å². The maximum absolute atomic E-state index is 6.16. The van der Waals surface area contributed by atoms with E-state index in [0.29, 0.717) is 45.1 Å². The van der Waals surface area contributed by atoms with E-state index in [4.69, 9.17) is 26.5 Å². The summed E-state index contributed by atoms with van der Waals surface area (Å²) in [6.07, 6.45) is 7.05. The van der Waals surface area contributed by atoms with Crippen molar-refractivity contribution in [2.24, 2.45) is 0 Å². The molecule has 27 heavy (non-hydrogen) atoms. The zero-order valence-corrected chi connectivity index (χ0v) is 16.6. The Morgan fingerprint density at radius 1 is 0.667 bits per heavy atom. The van der Waals surface area contributed by atoms with Crippen molar-refractivity contribution in [3.63, 3.8) is 0 Å². The standard InChI is InChI=1S/C20H26O6Si/c1-2-27(24-15-9-18-6-3-12-21-18,25-16-10-19-7-4-13-22-19)26-17-11-20-8-5-14-23-20/h3-8,12-14H,2,9-11,15-17H2,1H3. The van der Waals surface area contributed by atoms with E-state index >= 15 is 0 Å². The third kappa shape index (κ3) is 6.25. The highest BCUT2D eigenvalue weighted by atomic mass is 28.4. The highest BCUT2D eigenvalue weighted by Gasteiger charge is 2.39. The molecule has 3 rings (SSSR count). The molecule has 0 aliphatic rings. The van der Waals surface area contributed by atoms with E-state index in [2.05, 4.69) is 0 Å². The highest BCUT2D eigenvalue weighted by Crippen LogP contribution is 2.18. The van der Waals surface area contributed by atoms with Crippen LogP contribution in [0.15, 0.2) is 68.4 Å². The van der Waals surface area contributed by atoms with Crippen molar-refractivity contribution in [1.29, 1.82) is 0 Å². The van der Waals surface area contributed by atoms with Crippen molar-refractivity contribution < 1.29 is 26.5 Å². The van der Waals surface area contributed by atoms with Gasteiger partial charge in [0.1, 0.15) is 17.3 Å². The molecule has 3 aromatic heterocycles. The molecule has 0 amide bonds. The molecule has 0 bridgehead atoms. The van der Waals surface area contributed by atoms with Crippen molar-refractivity contribution in [1.82, 2.24) is 0 Å². The van der Waals surface area contributed by atoms with Gasteiger partial charge in [-0.3, -0.25) is 0 Å². The maximum Gasteiger partial charge on any atom is 0.500 e. The smallest absolute Gasteiger partial charge is 0.469 e. The van der Waals surface area contributed by atoms with Crippen LogP contribution in [0.5, 0.6) is 0 Å². The minimum Gasteiger partial charge on any atom is -0.469 e. The lowest BCUT2D eigenvalue weighted by atomic mass is 10.3. The molecule has 146 valence electrons. The number of furan rings is 3. The average Bonchev–Trinajstić information content (AvgIpc) is 3.45. The Balaban J connectivity index is 1.53. The van der Waals surface area contributed by atoms with Gasteiger partial charge in [0.2, 0.25) is 0 Å². The van der Waals surface area contributed by atoms with E-state index in [1.165, 1.54) is 0 Å². The van der Waals surface area contributed by atoms with Crippen LogP contribution < -0.4 is 0 Å². The van der Waals surface area contributed by atoms with Crippen molar-refractivity contribution >= 4 is 8.80 Å². The molecule has 3 heterocycles. The monoisotopic (exact) mass is 390 g/mol. The number of rotatable bonds is 13. The Kier molecular flexibility index (Phi) is 7.52. The third-order valence-corrected chi connectivity index (χ3v) is 6.98. The Morgan fingerprint density at radius 3 is 1.30 bits per heavy atom. The predicted molar refractivity (Wildman–Crippen MR) is 101 cm³/mol. The zero-order valence-electron chi connectivity index (χ0n) is 15.6. The fourth-order valence-corrected chi connectivity index (χ4v) is 4.82. The molecule has 0 atom stereocenters. The topological polar surface area (TPSA) is 67.1 Å². The summed E-state index contributed by atoms with van der Waals surface area (Å²) in [5.74, 6) is 2.67. The van der Waals surface area contributed by atoms with Gasteiger partial charge in [0.15, 0.2) is 0 Å². The summed E-state index contributed by atoms with van der Waals surface area (Å²) in [6.45, 7) is 3.53. The van der Waals surface area contributed by atoms with Gasteiger partial charge in [0, 0.05) is 45.1 Å². The van der Waals surface area contributed by atoms with Crippen LogP contribution in [-0.2, 0) is 32.5 Å². The van der Waals surface area contributed by atoms with E-state index in [9.17, 15) is 0 Å². The lowest BCUT2D eigenvalue weighted by Crippen LogP contribution is -2.46. The summed E-state index contributed by atoms with van der Waals surface area (Å²) in [6, 6.07) is 12.1. The van der Waals surface area contributed by atoms with Crippen LogP contribution in [-0.4, -0.2) is 28.6 Å². The molecule has 0 aliphatic heterocycles. The van der Waals surface area contributed by atoms with Gasteiger partial charge in [0.05, 0.1) is 18.8 Å². The quantitative estimate of drug-likeness (QED) is 0.400. The van der Waals surface area contributed by atoms with Crippen LogP contribution in [0.25, 0.3) is 0 Å². The fourth-order valence-electron chi connectivity index (χ4n) is 2.72. The van der Waals surface area contributed by atoms with E-state index in [1.807, 2.05) is 43.3 Å². The molecule has 0 saturated heterocycles. The molecule has 7 heteroatoms. The summed E-state index contributed by atoms with van der Waals surface area (Å²) in [7, 11) is -2.79. The Bertz CT molecular complexity index is 622. The van der Waals surface area contributed by atoms with Crippen molar-refractivity contribution in [2.75, 3.05) is 19.8 Å². The molecule has 0 saturated carbocycles. The number of hydrogen-bond acceptors (Lipinski definition) is 6. The fraction of sp³-hybridized carbons (Fsp3) is 0.400. The van der Waals surface area contributed by atoms with Gasteiger partial charge in [-0.25, -0.2) is 0 Å². The second-order valence-electron chi connectivity index (χ2n) is 6.07. The molecule has 0 aliphatic carbocycles. The van der Waals surface area contributed by atoms with Crippen molar-refractivity contribution in [2.45, 2.75) is 32.2 Å². The van der Waals surface area contributed by atoms with E-state index in [0.717, 1.165) is 17.3 Å². The second kappa shape index (κ2) is 10.3. The van der Waals surface area contributed by atoms with E-state index in [1.54, 1.807) is 18.8 Å². The largest absolute Gasteiger partial charge is 0.500 e. The summed E-state index contributed by atoms with van der Waals surface area (Å²) >= 11 is 0. The summed E-state index contributed by atoms with van der Waals surface area (Å²) in [4.78, 5) is 0. The molecule has 3 aromatic rings. The first-order valence-electron chi connectivity index (χ1n) is 9.29. The van der Waals surface area contributed by atoms with Crippen LogP contribution in [0.2, 0.25) is 6.04 Å². The SMILES string of the molecule is CC[Si](OCCc1ccco1)(OCCc1ccco1)OCCc1ccco1. The van der Waals surface area contributed by atoms with Gasteiger partial charge in [-0.1, -0.05) is 6.92 Å². The average molecular weight is 391 g/mol. The second-order valence-corrected chi connectivity index (χ2v) is 9.01.